The quantitative estimate of drug-likeness (QED) is 0.692. The summed E-state index contributed by atoms with van der Waals surface area (Å²) in [5.74, 6) is -1.44. The average molecular weight is 408 g/mol. The largest absolute Gasteiger partial charge is 0.380 e. The highest BCUT2D eigenvalue weighted by Crippen LogP contribution is 2.19. The minimum atomic E-state index is -3.78. The molecule has 0 aliphatic rings. The minimum absolute atomic E-state index is 0.105. The van der Waals surface area contributed by atoms with Crippen molar-refractivity contribution in [2.45, 2.75) is 31.9 Å². The third kappa shape index (κ3) is 5.15. The van der Waals surface area contributed by atoms with Crippen molar-refractivity contribution in [3.05, 3.63) is 65.0 Å². The van der Waals surface area contributed by atoms with E-state index in [0.29, 0.717) is 6.61 Å². The molecule has 2 rings (SSSR count). The van der Waals surface area contributed by atoms with Gasteiger partial charge in [0.15, 0.2) is 0 Å². The molecule has 0 heterocycles. The molecule has 152 valence electrons. The highest BCUT2D eigenvalue weighted by Gasteiger charge is 2.24. The number of ether oxygens (including phenoxy) is 1. The fourth-order valence-electron chi connectivity index (χ4n) is 2.75. The van der Waals surface area contributed by atoms with Crippen LogP contribution in [0.5, 0.6) is 0 Å². The molecule has 0 spiro atoms. The van der Waals surface area contributed by atoms with Crippen LogP contribution in [0.25, 0.3) is 0 Å². The van der Waals surface area contributed by atoms with Crippen molar-refractivity contribution in [3.8, 4) is 0 Å². The maximum Gasteiger partial charge on any atom is 0.254 e. The number of hydrogen-bond donors (Lipinski definition) is 1. The van der Waals surface area contributed by atoms with Gasteiger partial charge in [-0.2, -0.15) is 4.31 Å². The Labute approximate surface area is 165 Å². The van der Waals surface area contributed by atoms with Gasteiger partial charge >= 0.3 is 0 Å². The number of halogens is 1. The van der Waals surface area contributed by atoms with Crippen LogP contribution in [0.3, 0.4) is 0 Å². The van der Waals surface area contributed by atoms with Crippen LogP contribution >= 0.6 is 0 Å². The van der Waals surface area contributed by atoms with Crippen molar-refractivity contribution in [1.82, 2.24) is 9.62 Å². The number of rotatable bonds is 9. The maximum atomic E-state index is 14.2. The van der Waals surface area contributed by atoms with E-state index in [1.54, 1.807) is 21.0 Å². The van der Waals surface area contributed by atoms with Gasteiger partial charge < -0.3 is 10.1 Å². The first-order valence-corrected chi connectivity index (χ1v) is 10.4. The van der Waals surface area contributed by atoms with Crippen molar-refractivity contribution in [3.63, 3.8) is 0 Å². The molecule has 0 saturated heterocycles. The van der Waals surface area contributed by atoms with E-state index < -0.39 is 21.7 Å². The van der Waals surface area contributed by atoms with Crippen molar-refractivity contribution >= 4 is 15.9 Å². The highest BCUT2D eigenvalue weighted by atomic mass is 32.2. The van der Waals surface area contributed by atoms with Crippen molar-refractivity contribution in [2.24, 2.45) is 0 Å². The molecule has 0 aromatic heterocycles. The van der Waals surface area contributed by atoms with Crippen LogP contribution in [0.1, 0.15) is 35.3 Å². The van der Waals surface area contributed by atoms with Gasteiger partial charge in [0.2, 0.25) is 10.0 Å². The number of sulfonamides is 1. The molecular weight excluding hydrogens is 383 g/mol. The summed E-state index contributed by atoms with van der Waals surface area (Å²) in [7, 11) is -2.17. The van der Waals surface area contributed by atoms with Crippen LogP contribution in [0, 0.1) is 5.82 Å². The van der Waals surface area contributed by atoms with Crippen LogP contribution in [0.2, 0.25) is 0 Å². The summed E-state index contributed by atoms with van der Waals surface area (Å²) < 4.78 is 45.7. The lowest BCUT2D eigenvalue weighted by molar-refractivity contribution is 0.0946. The molecule has 1 amide bonds. The third-order valence-electron chi connectivity index (χ3n) is 4.31. The number of benzene rings is 2. The molecule has 2 aromatic carbocycles. The predicted octanol–water partition coefficient (Wildman–Crippen LogP) is 2.93. The monoisotopic (exact) mass is 408 g/mol. The second-order valence-corrected chi connectivity index (χ2v) is 8.10. The van der Waals surface area contributed by atoms with Crippen LogP contribution in [0.15, 0.2) is 47.4 Å². The van der Waals surface area contributed by atoms with Crippen LogP contribution in [-0.4, -0.2) is 38.8 Å². The standard InChI is InChI=1S/C20H25FN2O4S/c1-4-23(5-2)28(25,26)17-10-11-19(21)18(12-17)20(24)22-13-15-6-8-16(9-7-15)14-27-3/h6-12H,4-5,13-14H2,1-3H3,(H,22,24). The second-order valence-electron chi connectivity index (χ2n) is 6.16. The fraction of sp³-hybridized carbons (Fsp3) is 0.350. The average Bonchev–Trinajstić information content (AvgIpc) is 2.68. The molecule has 0 aliphatic heterocycles. The van der Waals surface area contributed by atoms with Crippen molar-refractivity contribution in [2.75, 3.05) is 20.2 Å². The van der Waals surface area contributed by atoms with Gasteiger partial charge in [-0.25, -0.2) is 12.8 Å². The molecule has 0 bridgehead atoms. The lowest BCUT2D eigenvalue weighted by atomic mass is 10.1. The third-order valence-corrected chi connectivity index (χ3v) is 6.36. The van der Waals surface area contributed by atoms with E-state index in [1.165, 1.54) is 10.4 Å². The fourth-order valence-corrected chi connectivity index (χ4v) is 4.23. The first-order valence-electron chi connectivity index (χ1n) is 8.98. The Morgan fingerprint density at radius 2 is 1.68 bits per heavy atom. The summed E-state index contributed by atoms with van der Waals surface area (Å²) >= 11 is 0. The summed E-state index contributed by atoms with van der Waals surface area (Å²) in [5.41, 5.74) is 1.53. The first-order chi connectivity index (χ1) is 13.3. The van der Waals surface area contributed by atoms with Gasteiger partial charge in [0, 0.05) is 26.7 Å². The zero-order valence-corrected chi connectivity index (χ0v) is 17.1. The highest BCUT2D eigenvalue weighted by molar-refractivity contribution is 7.89. The molecule has 6 nitrogen and oxygen atoms in total. The summed E-state index contributed by atoms with van der Waals surface area (Å²) in [5, 5.41) is 2.62. The lowest BCUT2D eigenvalue weighted by Crippen LogP contribution is -2.31. The number of nitrogens with zero attached hydrogens (tertiary/aromatic N) is 1. The molecule has 0 saturated carbocycles. The smallest absolute Gasteiger partial charge is 0.254 e. The molecule has 0 fully saturated rings. The van der Waals surface area contributed by atoms with E-state index in [2.05, 4.69) is 5.32 Å². The molecule has 1 N–H and O–H groups in total. The molecule has 2 aromatic rings. The van der Waals surface area contributed by atoms with Crippen LogP contribution < -0.4 is 5.32 Å². The van der Waals surface area contributed by atoms with E-state index in [9.17, 15) is 17.6 Å². The molecule has 0 unspecified atom stereocenters. The summed E-state index contributed by atoms with van der Waals surface area (Å²) in [6.07, 6.45) is 0. The minimum Gasteiger partial charge on any atom is -0.380 e. The summed E-state index contributed by atoms with van der Waals surface area (Å²) in [6.45, 7) is 4.70. The number of nitrogens with one attached hydrogen (secondary N) is 1. The Hall–Kier alpha value is -2.29. The Bertz CT molecular complexity index is 910. The number of hydrogen-bond acceptors (Lipinski definition) is 4. The summed E-state index contributed by atoms with van der Waals surface area (Å²) in [4.78, 5) is 12.3. The van der Waals surface area contributed by atoms with Gasteiger partial charge in [0.25, 0.3) is 5.91 Å². The zero-order valence-electron chi connectivity index (χ0n) is 16.2. The number of methoxy groups -OCH3 is 1. The van der Waals surface area contributed by atoms with E-state index >= 15 is 0 Å². The second kappa shape index (κ2) is 9.77. The topological polar surface area (TPSA) is 75.7 Å². The van der Waals surface area contributed by atoms with E-state index in [-0.39, 0.29) is 30.1 Å². The van der Waals surface area contributed by atoms with Gasteiger partial charge in [-0.05, 0) is 29.3 Å². The van der Waals surface area contributed by atoms with Crippen molar-refractivity contribution in [1.29, 1.82) is 0 Å². The van der Waals surface area contributed by atoms with E-state index in [0.717, 1.165) is 23.3 Å². The SMILES string of the molecule is CCN(CC)S(=O)(=O)c1ccc(F)c(C(=O)NCc2ccc(COC)cc2)c1. The Morgan fingerprint density at radius 1 is 1.07 bits per heavy atom. The number of amides is 1. The maximum absolute atomic E-state index is 14.2. The number of carbonyl (C=O) groups is 1. The van der Waals surface area contributed by atoms with Gasteiger partial charge in [0.1, 0.15) is 5.82 Å². The number of carbonyl (C=O) groups excluding carboxylic acids is 1. The van der Waals surface area contributed by atoms with Gasteiger partial charge in [-0.1, -0.05) is 38.1 Å². The van der Waals surface area contributed by atoms with Crippen LogP contribution in [-0.2, 0) is 27.9 Å². The normalized spacial score (nSPS) is 11.6. The molecule has 8 heteroatoms. The Kier molecular flexibility index (Phi) is 7.68. The predicted molar refractivity (Wildman–Crippen MR) is 105 cm³/mol. The van der Waals surface area contributed by atoms with Gasteiger partial charge in [-0.3, -0.25) is 4.79 Å². The van der Waals surface area contributed by atoms with Gasteiger partial charge in [-0.15, -0.1) is 0 Å². The van der Waals surface area contributed by atoms with Gasteiger partial charge in [0.05, 0.1) is 17.1 Å². The van der Waals surface area contributed by atoms with Crippen LogP contribution in [0.4, 0.5) is 4.39 Å². The lowest BCUT2D eigenvalue weighted by Gasteiger charge is -2.19. The van der Waals surface area contributed by atoms with E-state index in [4.69, 9.17) is 4.74 Å². The summed E-state index contributed by atoms with van der Waals surface area (Å²) in [6, 6.07) is 10.7. The zero-order chi connectivity index (χ0) is 20.7. The van der Waals surface area contributed by atoms with E-state index in [1.807, 2.05) is 24.3 Å². The Morgan fingerprint density at radius 3 is 2.25 bits per heavy atom. The molecule has 0 atom stereocenters. The first kappa shape index (κ1) is 22.0. The molecule has 0 aliphatic carbocycles. The molecule has 0 radical (unpaired) electrons. The van der Waals surface area contributed by atoms with Crippen molar-refractivity contribution < 1.29 is 22.3 Å². The molecule has 28 heavy (non-hydrogen) atoms. The Balaban J connectivity index is 2.17. The molecular formula is C20H25FN2O4S.